The summed E-state index contributed by atoms with van der Waals surface area (Å²) >= 11 is 0. The molecular weight excluding hydrogens is 370 g/mol. The predicted molar refractivity (Wildman–Crippen MR) is 112 cm³/mol. The molecule has 0 heterocycles. The lowest BCUT2D eigenvalue weighted by atomic mass is 9.89. The zero-order chi connectivity index (χ0) is 22.3. The first kappa shape index (κ1) is 26.2. The van der Waals surface area contributed by atoms with E-state index in [2.05, 4.69) is 39.6 Å². The minimum Gasteiger partial charge on any atom is -0.355 e. The van der Waals surface area contributed by atoms with Gasteiger partial charge in [0.15, 0.2) is 0 Å². The molecule has 0 aliphatic rings. The largest absolute Gasteiger partial charge is 0.355 e. The highest BCUT2D eigenvalue weighted by molar-refractivity contribution is 5.82. The summed E-state index contributed by atoms with van der Waals surface area (Å²) in [5, 5.41) is 7.76. The third-order valence-corrected chi connectivity index (χ3v) is 3.36. The summed E-state index contributed by atoms with van der Waals surface area (Å²) in [4.78, 5) is 46.3. The molecule has 0 unspecified atom stereocenters. The standard InChI is InChI=1S/C22H33N3O4/c1-17(2)14-21(29)25-16-24-20(28)11-9-7-6-8-10-19(27)23-13-12-18(26)15-22(3,4)5/h17H,10-16H2,1-5H3,(H,23,27)(H,24,28)(H,25,29). The van der Waals surface area contributed by atoms with Crippen molar-refractivity contribution in [1.82, 2.24) is 16.0 Å². The third kappa shape index (κ3) is 18.3. The Morgan fingerprint density at radius 3 is 1.86 bits per heavy atom. The van der Waals surface area contributed by atoms with Gasteiger partial charge in [-0.15, -0.1) is 0 Å². The fourth-order valence-corrected chi connectivity index (χ4v) is 2.17. The predicted octanol–water partition coefficient (Wildman–Crippen LogP) is 1.52. The topological polar surface area (TPSA) is 104 Å². The van der Waals surface area contributed by atoms with Crippen LogP contribution >= 0.6 is 0 Å². The van der Waals surface area contributed by atoms with Crippen LogP contribution in [0, 0.1) is 35.0 Å². The van der Waals surface area contributed by atoms with Gasteiger partial charge in [0, 0.05) is 25.8 Å². The number of carbonyl (C=O) groups is 4. The van der Waals surface area contributed by atoms with Crippen LogP contribution in [0.4, 0.5) is 0 Å². The molecule has 0 aliphatic heterocycles. The fourth-order valence-electron chi connectivity index (χ4n) is 2.17. The Morgan fingerprint density at radius 2 is 1.34 bits per heavy atom. The van der Waals surface area contributed by atoms with Crippen molar-refractivity contribution in [2.75, 3.05) is 13.2 Å². The summed E-state index contributed by atoms with van der Waals surface area (Å²) < 4.78 is 0. The fraction of sp³-hybridized carbons (Fsp3) is 0.636. The van der Waals surface area contributed by atoms with E-state index in [0.29, 0.717) is 25.8 Å². The minimum atomic E-state index is -0.318. The number of rotatable bonds is 10. The van der Waals surface area contributed by atoms with Crippen LogP contribution in [0.1, 0.15) is 66.7 Å². The zero-order valence-corrected chi connectivity index (χ0v) is 18.2. The quantitative estimate of drug-likeness (QED) is 0.380. The van der Waals surface area contributed by atoms with Crippen LogP contribution in [0.3, 0.4) is 0 Å². The second-order valence-electron chi connectivity index (χ2n) is 8.31. The van der Waals surface area contributed by atoms with Crippen molar-refractivity contribution < 1.29 is 19.2 Å². The second kappa shape index (κ2) is 14.2. The molecule has 160 valence electrons. The van der Waals surface area contributed by atoms with Crippen molar-refractivity contribution >= 4 is 23.5 Å². The van der Waals surface area contributed by atoms with E-state index in [9.17, 15) is 19.2 Å². The Bertz CT molecular complexity index is 698. The van der Waals surface area contributed by atoms with Gasteiger partial charge in [0.2, 0.25) is 17.7 Å². The van der Waals surface area contributed by atoms with Crippen LogP contribution in [0.2, 0.25) is 0 Å². The van der Waals surface area contributed by atoms with Crippen LogP contribution < -0.4 is 16.0 Å². The Hall–Kier alpha value is -2.80. The van der Waals surface area contributed by atoms with Crippen molar-refractivity contribution in [3.8, 4) is 23.7 Å². The molecule has 7 heteroatoms. The van der Waals surface area contributed by atoms with E-state index in [1.807, 2.05) is 34.6 Å². The highest BCUT2D eigenvalue weighted by atomic mass is 16.2. The lowest BCUT2D eigenvalue weighted by Gasteiger charge is -2.16. The van der Waals surface area contributed by atoms with Crippen LogP contribution in [0.5, 0.6) is 0 Å². The van der Waals surface area contributed by atoms with E-state index in [-0.39, 0.29) is 54.3 Å². The number of amides is 3. The first-order chi connectivity index (χ1) is 13.5. The number of nitrogens with one attached hydrogen (secondary N) is 3. The molecule has 0 aromatic carbocycles. The Balaban J connectivity index is 3.92. The van der Waals surface area contributed by atoms with Crippen molar-refractivity contribution in [2.45, 2.75) is 66.7 Å². The highest BCUT2D eigenvalue weighted by Gasteiger charge is 2.15. The first-order valence-electron chi connectivity index (χ1n) is 9.77. The molecule has 0 rings (SSSR count). The average Bonchev–Trinajstić information content (AvgIpc) is 2.55. The molecule has 29 heavy (non-hydrogen) atoms. The molecule has 0 bridgehead atoms. The Kier molecular flexibility index (Phi) is 12.9. The smallest absolute Gasteiger partial charge is 0.233 e. The summed E-state index contributed by atoms with van der Waals surface area (Å²) in [6, 6.07) is 0. The molecule has 0 radical (unpaired) electrons. The normalized spacial score (nSPS) is 10.1. The van der Waals surface area contributed by atoms with Crippen LogP contribution in [0.25, 0.3) is 0 Å². The molecule has 0 saturated heterocycles. The van der Waals surface area contributed by atoms with E-state index in [1.165, 1.54) is 0 Å². The van der Waals surface area contributed by atoms with Gasteiger partial charge in [0.25, 0.3) is 0 Å². The molecule has 0 aromatic heterocycles. The van der Waals surface area contributed by atoms with Gasteiger partial charge in [-0.2, -0.15) is 0 Å². The molecule has 0 saturated carbocycles. The lowest BCUT2D eigenvalue weighted by molar-refractivity contribution is -0.124. The van der Waals surface area contributed by atoms with Gasteiger partial charge in [-0.1, -0.05) is 46.5 Å². The Labute approximate surface area is 174 Å². The lowest BCUT2D eigenvalue weighted by Crippen LogP contribution is -2.37. The summed E-state index contributed by atoms with van der Waals surface area (Å²) in [7, 11) is 0. The molecule has 0 atom stereocenters. The van der Waals surface area contributed by atoms with Gasteiger partial charge in [-0.05, 0) is 23.2 Å². The zero-order valence-electron chi connectivity index (χ0n) is 18.2. The summed E-state index contributed by atoms with van der Waals surface area (Å²) in [6.07, 6.45) is 1.14. The molecule has 0 aliphatic carbocycles. The summed E-state index contributed by atoms with van der Waals surface area (Å²) in [5.41, 5.74) is -0.0517. The van der Waals surface area contributed by atoms with Gasteiger partial charge >= 0.3 is 0 Å². The van der Waals surface area contributed by atoms with E-state index in [0.717, 1.165) is 0 Å². The van der Waals surface area contributed by atoms with Crippen molar-refractivity contribution in [3.05, 3.63) is 0 Å². The van der Waals surface area contributed by atoms with Gasteiger partial charge in [-0.3, -0.25) is 19.2 Å². The molecule has 0 aromatic rings. The number of Topliss-reactive ketones (excluding diaryl/α,β-unsaturated/α-hetero) is 1. The molecular formula is C22H33N3O4. The third-order valence-electron chi connectivity index (χ3n) is 3.36. The molecule has 7 nitrogen and oxygen atoms in total. The first-order valence-corrected chi connectivity index (χ1v) is 9.77. The van der Waals surface area contributed by atoms with Crippen molar-refractivity contribution in [3.63, 3.8) is 0 Å². The monoisotopic (exact) mass is 403 g/mol. The van der Waals surface area contributed by atoms with Gasteiger partial charge < -0.3 is 16.0 Å². The minimum absolute atomic E-state index is 0.0176. The van der Waals surface area contributed by atoms with Gasteiger partial charge in [0.1, 0.15) is 5.78 Å². The molecule has 3 amide bonds. The number of hydrogen-bond donors (Lipinski definition) is 3. The van der Waals surface area contributed by atoms with Crippen LogP contribution in [0.15, 0.2) is 0 Å². The van der Waals surface area contributed by atoms with Crippen LogP contribution in [-0.2, 0) is 19.2 Å². The molecule has 0 fully saturated rings. The van der Waals surface area contributed by atoms with E-state index in [4.69, 9.17) is 0 Å². The highest BCUT2D eigenvalue weighted by Crippen LogP contribution is 2.19. The summed E-state index contributed by atoms with van der Waals surface area (Å²) in [5.74, 6) is 9.87. The molecule has 3 N–H and O–H groups in total. The van der Waals surface area contributed by atoms with Crippen LogP contribution in [-0.4, -0.2) is 36.7 Å². The molecule has 0 spiro atoms. The number of hydrogen-bond acceptors (Lipinski definition) is 4. The maximum atomic E-state index is 11.7. The number of carbonyl (C=O) groups excluding carboxylic acids is 4. The van der Waals surface area contributed by atoms with E-state index in [1.54, 1.807) is 0 Å². The average molecular weight is 404 g/mol. The SMILES string of the molecule is CC(C)CC(=O)NCNC(=O)CC#CC#CCC(=O)NCCC(=O)CC(C)(C)C. The number of ketones is 1. The maximum absolute atomic E-state index is 11.7. The maximum Gasteiger partial charge on any atom is 0.233 e. The van der Waals surface area contributed by atoms with Gasteiger partial charge in [-0.25, -0.2) is 0 Å². The van der Waals surface area contributed by atoms with Gasteiger partial charge in [0.05, 0.1) is 19.5 Å². The van der Waals surface area contributed by atoms with Crippen molar-refractivity contribution in [1.29, 1.82) is 0 Å². The van der Waals surface area contributed by atoms with Crippen molar-refractivity contribution in [2.24, 2.45) is 11.3 Å². The van der Waals surface area contributed by atoms with E-state index < -0.39 is 0 Å². The summed E-state index contributed by atoms with van der Waals surface area (Å²) in [6.45, 7) is 10.2. The Morgan fingerprint density at radius 1 is 0.828 bits per heavy atom. The van der Waals surface area contributed by atoms with E-state index >= 15 is 0 Å². The second-order valence-corrected chi connectivity index (χ2v) is 8.31.